The van der Waals surface area contributed by atoms with Crippen molar-refractivity contribution < 1.29 is 13.6 Å². The monoisotopic (exact) mass is 375 g/mol. The maximum atomic E-state index is 13.2. The lowest BCUT2D eigenvalue weighted by Crippen LogP contribution is -2.27. The minimum absolute atomic E-state index is 0.0905. The Morgan fingerprint density at radius 2 is 1.81 bits per heavy atom. The van der Waals surface area contributed by atoms with Crippen molar-refractivity contribution in [2.75, 3.05) is 5.32 Å². The van der Waals surface area contributed by atoms with Gasteiger partial charge in [-0.1, -0.05) is 23.7 Å². The zero-order chi connectivity index (χ0) is 18.7. The van der Waals surface area contributed by atoms with Gasteiger partial charge in [0.2, 0.25) is 5.91 Å². The van der Waals surface area contributed by atoms with Gasteiger partial charge < -0.3 is 5.32 Å². The normalized spacial score (nSPS) is 10.6. The molecule has 0 fully saturated rings. The molecule has 0 radical (unpaired) electrons. The van der Waals surface area contributed by atoms with Crippen LogP contribution in [0.2, 0.25) is 5.02 Å². The van der Waals surface area contributed by atoms with Gasteiger partial charge in [0.25, 0.3) is 5.56 Å². The molecule has 2 aromatic carbocycles. The van der Waals surface area contributed by atoms with E-state index in [9.17, 15) is 18.4 Å². The van der Waals surface area contributed by atoms with Crippen LogP contribution in [-0.2, 0) is 11.3 Å². The van der Waals surface area contributed by atoms with E-state index < -0.39 is 23.1 Å². The molecule has 0 saturated heterocycles. The third-order valence-corrected chi connectivity index (χ3v) is 3.79. The van der Waals surface area contributed by atoms with Gasteiger partial charge in [0.1, 0.15) is 6.54 Å². The minimum Gasteiger partial charge on any atom is -0.324 e. The van der Waals surface area contributed by atoms with Gasteiger partial charge in [-0.05, 0) is 24.3 Å². The summed E-state index contributed by atoms with van der Waals surface area (Å²) in [6.07, 6.45) is 1.25. The van der Waals surface area contributed by atoms with Crippen molar-refractivity contribution in [2.24, 2.45) is 0 Å². The van der Waals surface area contributed by atoms with Crippen molar-refractivity contribution in [1.82, 2.24) is 9.55 Å². The molecule has 0 saturated carbocycles. The summed E-state index contributed by atoms with van der Waals surface area (Å²) in [6, 6.07) is 11.1. The van der Waals surface area contributed by atoms with E-state index in [1.54, 1.807) is 24.3 Å². The Kier molecular flexibility index (Phi) is 5.09. The smallest absolute Gasteiger partial charge is 0.254 e. The second kappa shape index (κ2) is 7.45. The summed E-state index contributed by atoms with van der Waals surface area (Å²) in [5.74, 6) is -2.66. The van der Waals surface area contributed by atoms with Crippen LogP contribution in [-0.4, -0.2) is 15.5 Å². The topological polar surface area (TPSA) is 64.0 Å². The van der Waals surface area contributed by atoms with Crippen molar-refractivity contribution in [3.8, 4) is 11.3 Å². The Labute approximate surface area is 151 Å². The average molecular weight is 376 g/mol. The van der Waals surface area contributed by atoms with Crippen LogP contribution in [0.4, 0.5) is 14.5 Å². The molecule has 1 N–H and O–H groups in total. The molecule has 3 rings (SSSR count). The van der Waals surface area contributed by atoms with Gasteiger partial charge in [-0.3, -0.25) is 14.2 Å². The summed E-state index contributed by atoms with van der Waals surface area (Å²) >= 11 is 5.82. The predicted octanol–water partition coefficient (Wildman–Crippen LogP) is 3.48. The van der Waals surface area contributed by atoms with Gasteiger partial charge in [-0.15, -0.1) is 0 Å². The summed E-state index contributed by atoms with van der Waals surface area (Å²) in [7, 11) is 0. The number of nitrogens with one attached hydrogen (secondary N) is 1. The number of amides is 1. The maximum Gasteiger partial charge on any atom is 0.254 e. The van der Waals surface area contributed by atoms with E-state index in [0.29, 0.717) is 16.3 Å². The standard InChI is InChI=1S/C18H12ClF2N3O2/c19-12-3-1-11(2-4-12)16-8-18(26)24(10-22-16)9-17(25)23-13-5-6-14(20)15(21)7-13/h1-8,10H,9H2,(H,23,25). The highest BCUT2D eigenvalue weighted by molar-refractivity contribution is 6.30. The number of nitrogens with zero attached hydrogens (tertiary/aromatic N) is 2. The van der Waals surface area contributed by atoms with Gasteiger partial charge >= 0.3 is 0 Å². The summed E-state index contributed by atoms with van der Waals surface area (Å²) in [5.41, 5.74) is 0.826. The average Bonchev–Trinajstić information content (AvgIpc) is 2.60. The van der Waals surface area contributed by atoms with Crippen LogP contribution in [0.3, 0.4) is 0 Å². The SMILES string of the molecule is O=C(Cn1cnc(-c2ccc(Cl)cc2)cc1=O)Nc1ccc(F)c(F)c1. The summed E-state index contributed by atoms with van der Waals surface area (Å²) in [4.78, 5) is 28.3. The predicted molar refractivity (Wildman–Crippen MR) is 93.9 cm³/mol. The van der Waals surface area contributed by atoms with E-state index in [-0.39, 0.29) is 12.2 Å². The molecule has 0 aliphatic rings. The second-order valence-corrected chi connectivity index (χ2v) is 5.86. The summed E-state index contributed by atoms with van der Waals surface area (Å²) in [5, 5.41) is 2.96. The van der Waals surface area contributed by atoms with Gasteiger partial charge in [-0.2, -0.15) is 0 Å². The molecule has 1 aromatic heterocycles. The fourth-order valence-electron chi connectivity index (χ4n) is 2.25. The molecule has 132 valence electrons. The fraction of sp³-hybridized carbons (Fsp3) is 0.0556. The number of rotatable bonds is 4. The van der Waals surface area contributed by atoms with Gasteiger partial charge in [0.05, 0.1) is 12.0 Å². The highest BCUT2D eigenvalue weighted by Gasteiger charge is 2.09. The van der Waals surface area contributed by atoms with Crippen LogP contribution < -0.4 is 10.9 Å². The van der Waals surface area contributed by atoms with E-state index in [0.717, 1.165) is 16.7 Å². The van der Waals surface area contributed by atoms with Crippen molar-refractivity contribution >= 4 is 23.2 Å². The zero-order valence-corrected chi connectivity index (χ0v) is 14.0. The first-order valence-corrected chi connectivity index (χ1v) is 7.87. The molecule has 0 aliphatic heterocycles. The molecule has 0 atom stereocenters. The Hall–Kier alpha value is -3.06. The Balaban J connectivity index is 1.73. The van der Waals surface area contributed by atoms with Crippen LogP contribution in [0.25, 0.3) is 11.3 Å². The summed E-state index contributed by atoms with van der Waals surface area (Å²) in [6.45, 7) is -0.314. The fourth-order valence-corrected chi connectivity index (χ4v) is 2.38. The molecule has 0 spiro atoms. The lowest BCUT2D eigenvalue weighted by Gasteiger charge is -2.08. The third-order valence-electron chi connectivity index (χ3n) is 3.54. The number of anilines is 1. The Morgan fingerprint density at radius 1 is 1.08 bits per heavy atom. The van der Waals surface area contributed by atoms with Crippen LogP contribution in [0.1, 0.15) is 0 Å². The van der Waals surface area contributed by atoms with Gasteiger partial charge in [0.15, 0.2) is 11.6 Å². The molecule has 0 unspecified atom stereocenters. The molecule has 5 nitrogen and oxygen atoms in total. The van der Waals surface area contributed by atoms with Crippen molar-refractivity contribution in [1.29, 1.82) is 0 Å². The van der Waals surface area contributed by atoms with Gasteiger partial charge in [0, 0.05) is 28.4 Å². The van der Waals surface area contributed by atoms with Crippen molar-refractivity contribution in [2.45, 2.75) is 6.54 Å². The number of hydrogen-bond acceptors (Lipinski definition) is 3. The zero-order valence-electron chi connectivity index (χ0n) is 13.2. The van der Waals surface area contributed by atoms with E-state index in [1.807, 2.05) is 0 Å². The second-order valence-electron chi connectivity index (χ2n) is 5.42. The quantitative estimate of drug-likeness (QED) is 0.759. The lowest BCUT2D eigenvalue weighted by atomic mass is 10.1. The van der Waals surface area contributed by atoms with Gasteiger partial charge in [-0.25, -0.2) is 13.8 Å². The molecule has 1 heterocycles. The number of benzene rings is 2. The highest BCUT2D eigenvalue weighted by atomic mass is 35.5. The number of carbonyl (C=O) groups is 1. The molecular weight excluding hydrogens is 364 g/mol. The molecule has 0 bridgehead atoms. The maximum absolute atomic E-state index is 13.2. The number of carbonyl (C=O) groups excluding carboxylic acids is 1. The van der Waals surface area contributed by atoms with Crippen LogP contribution >= 0.6 is 11.6 Å². The highest BCUT2D eigenvalue weighted by Crippen LogP contribution is 2.18. The first kappa shape index (κ1) is 17.8. The van der Waals surface area contributed by atoms with Crippen molar-refractivity contribution in [3.63, 3.8) is 0 Å². The minimum atomic E-state index is -1.08. The van der Waals surface area contributed by atoms with Crippen LogP contribution in [0.15, 0.2) is 59.7 Å². The Morgan fingerprint density at radius 3 is 2.46 bits per heavy atom. The van der Waals surface area contributed by atoms with E-state index >= 15 is 0 Å². The lowest BCUT2D eigenvalue weighted by molar-refractivity contribution is -0.116. The van der Waals surface area contributed by atoms with E-state index in [2.05, 4.69) is 10.3 Å². The van der Waals surface area contributed by atoms with E-state index in [4.69, 9.17) is 11.6 Å². The van der Waals surface area contributed by atoms with Crippen molar-refractivity contribution in [3.05, 3.63) is 81.9 Å². The number of halogens is 3. The summed E-state index contributed by atoms with van der Waals surface area (Å²) < 4.78 is 27.1. The number of hydrogen-bond donors (Lipinski definition) is 1. The first-order chi connectivity index (χ1) is 12.4. The molecule has 26 heavy (non-hydrogen) atoms. The molecule has 3 aromatic rings. The first-order valence-electron chi connectivity index (χ1n) is 7.50. The van der Waals surface area contributed by atoms with Crippen LogP contribution in [0, 0.1) is 11.6 Å². The van der Waals surface area contributed by atoms with Crippen LogP contribution in [0.5, 0.6) is 0 Å². The Bertz CT molecular complexity index is 1020. The molecular formula is C18H12ClF2N3O2. The third kappa shape index (κ3) is 4.12. The largest absolute Gasteiger partial charge is 0.324 e. The molecule has 1 amide bonds. The molecule has 0 aliphatic carbocycles. The van der Waals surface area contributed by atoms with E-state index in [1.165, 1.54) is 18.5 Å². The molecule has 8 heteroatoms. The number of aromatic nitrogens is 2.